The van der Waals surface area contributed by atoms with E-state index in [1.807, 2.05) is 25.1 Å². The largest absolute Gasteiger partial charge is 0.399 e. The maximum Gasteiger partial charge on any atom is 0.123 e. The van der Waals surface area contributed by atoms with E-state index in [4.69, 9.17) is 5.73 Å². The van der Waals surface area contributed by atoms with E-state index in [1.165, 1.54) is 12.1 Å². The van der Waals surface area contributed by atoms with Gasteiger partial charge in [-0.15, -0.1) is 0 Å². The molecule has 0 atom stereocenters. The van der Waals surface area contributed by atoms with Crippen LogP contribution in [0.4, 0.5) is 15.8 Å². The number of nitrogens with two attached hydrogens (primary N) is 1. The Kier molecular flexibility index (Phi) is 3.28. The quantitative estimate of drug-likeness (QED) is 0.794. The van der Waals surface area contributed by atoms with Crippen LogP contribution < -0.4 is 11.1 Å². The lowest BCUT2D eigenvalue weighted by molar-refractivity contribution is 0.627. The first-order valence-electron chi connectivity index (χ1n) is 5.49. The van der Waals surface area contributed by atoms with Crippen molar-refractivity contribution in [2.45, 2.75) is 13.5 Å². The molecular formula is C14H15FN2. The Morgan fingerprint density at radius 1 is 1.12 bits per heavy atom. The Morgan fingerprint density at radius 2 is 1.82 bits per heavy atom. The highest BCUT2D eigenvalue weighted by molar-refractivity contribution is 5.56. The third-order valence-corrected chi connectivity index (χ3v) is 2.68. The zero-order chi connectivity index (χ0) is 12.3. The highest BCUT2D eigenvalue weighted by Crippen LogP contribution is 2.17. The van der Waals surface area contributed by atoms with Gasteiger partial charge < -0.3 is 11.1 Å². The predicted octanol–water partition coefficient (Wildman–Crippen LogP) is 3.33. The zero-order valence-electron chi connectivity index (χ0n) is 9.70. The Balaban J connectivity index is 2.02. The number of anilines is 2. The van der Waals surface area contributed by atoms with Gasteiger partial charge in [-0.3, -0.25) is 0 Å². The van der Waals surface area contributed by atoms with Crippen molar-refractivity contribution in [1.82, 2.24) is 0 Å². The number of hydrogen-bond donors (Lipinski definition) is 2. The van der Waals surface area contributed by atoms with E-state index in [2.05, 4.69) is 5.32 Å². The SMILES string of the molecule is Cc1cc(NCc2ccc(F)cc2)ccc1N. The Morgan fingerprint density at radius 3 is 2.47 bits per heavy atom. The summed E-state index contributed by atoms with van der Waals surface area (Å²) in [5.41, 5.74) is 9.64. The first kappa shape index (κ1) is 11.5. The van der Waals surface area contributed by atoms with Crippen LogP contribution in [0.3, 0.4) is 0 Å². The molecule has 17 heavy (non-hydrogen) atoms. The van der Waals surface area contributed by atoms with Crippen LogP contribution in [0.1, 0.15) is 11.1 Å². The van der Waals surface area contributed by atoms with Gasteiger partial charge in [0.1, 0.15) is 5.82 Å². The number of nitrogens with one attached hydrogen (secondary N) is 1. The molecule has 0 unspecified atom stereocenters. The highest BCUT2D eigenvalue weighted by atomic mass is 19.1. The van der Waals surface area contributed by atoms with Gasteiger partial charge >= 0.3 is 0 Å². The molecular weight excluding hydrogens is 215 g/mol. The fourth-order valence-corrected chi connectivity index (χ4v) is 1.59. The van der Waals surface area contributed by atoms with Gasteiger partial charge in [0.05, 0.1) is 0 Å². The molecule has 2 aromatic carbocycles. The number of benzene rings is 2. The Labute approximate surface area is 100 Å². The first-order chi connectivity index (χ1) is 8.15. The van der Waals surface area contributed by atoms with Crippen molar-refractivity contribution in [3.8, 4) is 0 Å². The Bertz CT molecular complexity index is 506. The average molecular weight is 230 g/mol. The summed E-state index contributed by atoms with van der Waals surface area (Å²) in [6.07, 6.45) is 0. The molecule has 0 bridgehead atoms. The molecule has 0 fully saturated rings. The molecule has 0 heterocycles. The van der Waals surface area contributed by atoms with E-state index in [-0.39, 0.29) is 5.82 Å². The summed E-state index contributed by atoms with van der Waals surface area (Å²) in [6.45, 7) is 2.64. The standard InChI is InChI=1S/C14H15FN2/c1-10-8-13(6-7-14(10)16)17-9-11-2-4-12(15)5-3-11/h2-8,17H,9,16H2,1H3. The van der Waals surface area contributed by atoms with Gasteiger partial charge in [-0.05, 0) is 48.4 Å². The summed E-state index contributed by atoms with van der Waals surface area (Å²) < 4.78 is 12.7. The molecule has 0 amide bonds. The molecule has 3 N–H and O–H groups in total. The van der Waals surface area contributed by atoms with Crippen LogP contribution in [0.15, 0.2) is 42.5 Å². The van der Waals surface area contributed by atoms with E-state index < -0.39 is 0 Å². The second-order valence-electron chi connectivity index (χ2n) is 4.05. The van der Waals surface area contributed by atoms with E-state index in [0.717, 1.165) is 22.5 Å². The second kappa shape index (κ2) is 4.87. The summed E-state index contributed by atoms with van der Waals surface area (Å²) in [7, 11) is 0. The number of aryl methyl sites for hydroxylation is 1. The van der Waals surface area contributed by atoms with Gasteiger partial charge in [-0.1, -0.05) is 12.1 Å². The topological polar surface area (TPSA) is 38.0 Å². The molecule has 2 aromatic rings. The smallest absolute Gasteiger partial charge is 0.123 e. The van der Waals surface area contributed by atoms with E-state index in [0.29, 0.717) is 6.54 Å². The summed E-state index contributed by atoms with van der Waals surface area (Å²) in [6, 6.07) is 12.3. The molecule has 0 aromatic heterocycles. The van der Waals surface area contributed by atoms with Crippen LogP contribution in [-0.2, 0) is 6.54 Å². The van der Waals surface area contributed by atoms with Gasteiger partial charge in [-0.2, -0.15) is 0 Å². The van der Waals surface area contributed by atoms with E-state index in [9.17, 15) is 4.39 Å². The van der Waals surface area contributed by atoms with Gasteiger partial charge in [-0.25, -0.2) is 4.39 Å². The summed E-state index contributed by atoms with van der Waals surface area (Å²) in [5.74, 6) is -0.211. The summed E-state index contributed by atoms with van der Waals surface area (Å²) >= 11 is 0. The third-order valence-electron chi connectivity index (χ3n) is 2.68. The molecule has 88 valence electrons. The van der Waals surface area contributed by atoms with Crippen LogP contribution in [-0.4, -0.2) is 0 Å². The predicted molar refractivity (Wildman–Crippen MR) is 69.3 cm³/mol. The van der Waals surface area contributed by atoms with Gasteiger partial charge in [0, 0.05) is 17.9 Å². The molecule has 0 radical (unpaired) electrons. The maximum atomic E-state index is 12.7. The zero-order valence-corrected chi connectivity index (χ0v) is 9.70. The van der Waals surface area contributed by atoms with Gasteiger partial charge in [0.25, 0.3) is 0 Å². The van der Waals surface area contributed by atoms with Crippen molar-refractivity contribution in [2.75, 3.05) is 11.1 Å². The maximum absolute atomic E-state index is 12.7. The molecule has 0 aliphatic carbocycles. The Hall–Kier alpha value is -2.03. The molecule has 2 rings (SSSR count). The lowest BCUT2D eigenvalue weighted by atomic mass is 10.1. The van der Waals surface area contributed by atoms with Crippen LogP contribution in [0.5, 0.6) is 0 Å². The monoisotopic (exact) mass is 230 g/mol. The van der Waals surface area contributed by atoms with Crippen molar-refractivity contribution < 1.29 is 4.39 Å². The van der Waals surface area contributed by atoms with Crippen molar-refractivity contribution in [3.63, 3.8) is 0 Å². The van der Waals surface area contributed by atoms with Crippen molar-refractivity contribution in [1.29, 1.82) is 0 Å². The van der Waals surface area contributed by atoms with Crippen molar-refractivity contribution in [3.05, 3.63) is 59.4 Å². The van der Waals surface area contributed by atoms with Crippen LogP contribution in [0, 0.1) is 12.7 Å². The molecule has 0 aliphatic rings. The fourth-order valence-electron chi connectivity index (χ4n) is 1.59. The number of nitrogen functional groups attached to an aromatic ring is 1. The second-order valence-corrected chi connectivity index (χ2v) is 4.05. The van der Waals surface area contributed by atoms with Gasteiger partial charge in [0.15, 0.2) is 0 Å². The van der Waals surface area contributed by atoms with E-state index in [1.54, 1.807) is 12.1 Å². The molecule has 2 nitrogen and oxygen atoms in total. The number of rotatable bonds is 3. The third kappa shape index (κ3) is 2.97. The molecule has 3 heteroatoms. The minimum Gasteiger partial charge on any atom is -0.399 e. The first-order valence-corrected chi connectivity index (χ1v) is 5.49. The van der Waals surface area contributed by atoms with Crippen molar-refractivity contribution >= 4 is 11.4 Å². The normalized spacial score (nSPS) is 10.2. The summed E-state index contributed by atoms with van der Waals surface area (Å²) in [5, 5.41) is 3.27. The van der Waals surface area contributed by atoms with E-state index >= 15 is 0 Å². The molecule has 0 spiro atoms. The van der Waals surface area contributed by atoms with Crippen LogP contribution in [0.25, 0.3) is 0 Å². The fraction of sp³-hybridized carbons (Fsp3) is 0.143. The number of hydrogen-bond acceptors (Lipinski definition) is 2. The minimum absolute atomic E-state index is 0.211. The van der Waals surface area contributed by atoms with Crippen molar-refractivity contribution in [2.24, 2.45) is 0 Å². The number of halogens is 1. The average Bonchev–Trinajstić information content (AvgIpc) is 2.33. The van der Waals surface area contributed by atoms with Gasteiger partial charge in [0.2, 0.25) is 0 Å². The highest BCUT2D eigenvalue weighted by Gasteiger charge is 1.97. The molecule has 0 saturated carbocycles. The lowest BCUT2D eigenvalue weighted by Crippen LogP contribution is -2.00. The summed E-state index contributed by atoms with van der Waals surface area (Å²) in [4.78, 5) is 0. The molecule has 0 aliphatic heterocycles. The molecule has 0 saturated heterocycles. The van der Waals surface area contributed by atoms with Crippen LogP contribution in [0.2, 0.25) is 0 Å². The lowest BCUT2D eigenvalue weighted by Gasteiger charge is -2.08. The minimum atomic E-state index is -0.211. The van der Waals surface area contributed by atoms with Crippen LogP contribution >= 0.6 is 0 Å².